The molecule has 4 rings (SSSR count). The van der Waals surface area contributed by atoms with Crippen LogP contribution in [0.1, 0.15) is 22.5 Å². The van der Waals surface area contributed by atoms with E-state index in [4.69, 9.17) is 4.52 Å². The van der Waals surface area contributed by atoms with Gasteiger partial charge >= 0.3 is 5.97 Å². The Bertz CT molecular complexity index is 1000. The van der Waals surface area contributed by atoms with Gasteiger partial charge in [-0.2, -0.15) is 0 Å². The van der Waals surface area contributed by atoms with Gasteiger partial charge in [0.15, 0.2) is 0 Å². The number of nitrogens with zero attached hydrogens (tertiary/aromatic N) is 3. The summed E-state index contributed by atoms with van der Waals surface area (Å²) < 4.78 is 5.30. The number of aromatic nitrogens is 2. The molecule has 27 heavy (non-hydrogen) atoms. The summed E-state index contributed by atoms with van der Waals surface area (Å²) in [6.07, 6.45) is 0.462. The molecule has 1 atom stereocenters. The molecule has 140 valence electrons. The number of benzene rings is 1. The summed E-state index contributed by atoms with van der Waals surface area (Å²) in [7, 11) is 0. The normalized spacial score (nSPS) is 16.3. The number of likely N-dealkylation sites (tertiary alicyclic amines) is 1. The fourth-order valence-corrected chi connectivity index (χ4v) is 3.34. The lowest BCUT2D eigenvalue weighted by Crippen LogP contribution is -2.30. The van der Waals surface area contributed by atoms with E-state index >= 15 is 0 Å². The van der Waals surface area contributed by atoms with E-state index in [1.807, 2.05) is 30.3 Å². The van der Waals surface area contributed by atoms with Crippen LogP contribution in [0.5, 0.6) is 0 Å². The van der Waals surface area contributed by atoms with Crippen molar-refractivity contribution >= 4 is 35.4 Å². The highest BCUT2D eigenvalue weighted by atomic mass is 35.5. The number of aliphatic carboxylic acids is 1. The van der Waals surface area contributed by atoms with Crippen molar-refractivity contribution in [2.75, 3.05) is 13.1 Å². The minimum Gasteiger partial charge on any atom is -0.481 e. The smallest absolute Gasteiger partial charge is 0.308 e. The van der Waals surface area contributed by atoms with E-state index in [9.17, 15) is 14.7 Å². The molecule has 1 fully saturated rings. The number of pyridine rings is 1. The van der Waals surface area contributed by atoms with Crippen LogP contribution in [0.4, 0.5) is 0 Å². The molecule has 1 amide bonds. The number of carbonyl (C=O) groups is 2. The molecule has 8 heteroatoms. The Morgan fingerprint density at radius 1 is 1.26 bits per heavy atom. The Labute approximate surface area is 161 Å². The van der Waals surface area contributed by atoms with Gasteiger partial charge < -0.3 is 14.5 Å². The van der Waals surface area contributed by atoms with E-state index in [1.165, 1.54) is 0 Å². The first-order chi connectivity index (χ1) is 12.5. The Hall–Kier alpha value is -2.93. The third kappa shape index (κ3) is 3.38. The predicted octanol–water partition coefficient (Wildman–Crippen LogP) is 3.17. The lowest BCUT2D eigenvalue weighted by Gasteiger charge is -2.17. The average molecular weight is 388 g/mol. The molecule has 3 aromatic rings. The maximum Gasteiger partial charge on any atom is 0.308 e. The number of fused-ring (bicyclic) bond motifs is 1. The van der Waals surface area contributed by atoms with Crippen molar-refractivity contribution in [3.8, 4) is 11.3 Å². The Kier molecular flexibility index (Phi) is 5.14. The minimum absolute atomic E-state index is 0. The lowest BCUT2D eigenvalue weighted by atomic mass is 10.0. The quantitative estimate of drug-likeness (QED) is 0.741. The van der Waals surface area contributed by atoms with E-state index < -0.39 is 11.9 Å². The molecule has 3 heterocycles. The van der Waals surface area contributed by atoms with Gasteiger partial charge in [-0.25, -0.2) is 4.98 Å². The van der Waals surface area contributed by atoms with Crippen LogP contribution in [0.3, 0.4) is 0 Å². The lowest BCUT2D eigenvalue weighted by molar-refractivity contribution is -0.141. The van der Waals surface area contributed by atoms with Crippen molar-refractivity contribution in [2.24, 2.45) is 5.92 Å². The summed E-state index contributed by atoms with van der Waals surface area (Å²) in [6, 6.07) is 11.2. The van der Waals surface area contributed by atoms with E-state index in [0.29, 0.717) is 41.0 Å². The van der Waals surface area contributed by atoms with Gasteiger partial charge in [-0.05, 0) is 19.4 Å². The molecule has 2 aromatic heterocycles. The molecule has 0 radical (unpaired) electrons. The van der Waals surface area contributed by atoms with Gasteiger partial charge in [0, 0.05) is 18.7 Å². The maximum absolute atomic E-state index is 13.1. The van der Waals surface area contributed by atoms with Gasteiger partial charge in [0.2, 0.25) is 0 Å². The van der Waals surface area contributed by atoms with Crippen molar-refractivity contribution in [1.29, 1.82) is 0 Å². The van der Waals surface area contributed by atoms with Crippen molar-refractivity contribution in [2.45, 2.75) is 13.3 Å². The number of hydrogen-bond donors (Lipinski definition) is 1. The number of aryl methyl sites for hydroxylation is 1. The second-order valence-electron chi connectivity index (χ2n) is 6.44. The summed E-state index contributed by atoms with van der Waals surface area (Å²) in [4.78, 5) is 30.4. The van der Waals surface area contributed by atoms with Crippen LogP contribution in [-0.2, 0) is 4.79 Å². The molecule has 0 aliphatic carbocycles. The molecule has 1 N–H and O–H groups in total. The van der Waals surface area contributed by atoms with Crippen molar-refractivity contribution in [1.82, 2.24) is 15.0 Å². The average Bonchev–Trinajstić information content (AvgIpc) is 3.29. The molecule has 1 aromatic carbocycles. The number of amides is 1. The Balaban J connectivity index is 0.00000210. The predicted molar refractivity (Wildman–Crippen MR) is 101 cm³/mol. The largest absolute Gasteiger partial charge is 0.481 e. The number of carbonyl (C=O) groups excluding carboxylic acids is 1. The highest BCUT2D eigenvalue weighted by Crippen LogP contribution is 2.29. The van der Waals surface area contributed by atoms with Gasteiger partial charge in [-0.1, -0.05) is 35.5 Å². The number of carboxylic acid groups (broad SMARTS) is 1. The molecule has 1 saturated heterocycles. The van der Waals surface area contributed by atoms with Crippen LogP contribution in [0.25, 0.3) is 22.4 Å². The zero-order valence-electron chi connectivity index (χ0n) is 14.6. The molecule has 1 aliphatic heterocycles. The summed E-state index contributed by atoms with van der Waals surface area (Å²) in [5.74, 6) is -1.61. The third-order valence-electron chi connectivity index (χ3n) is 4.74. The van der Waals surface area contributed by atoms with E-state index in [1.54, 1.807) is 17.9 Å². The highest BCUT2D eigenvalue weighted by Gasteiger charge is 2.33. The van der Waals surface area contributed by atoms with Crippen LogP contribution >= 0.6 is 12.4 Å². The topological polar surface area (TPSA) is 96.5 Å². The number of carboxylic acids is 1. The number of rotatable bonds is 3. The van der Waals surface area contributed by atoms with E-state index in [2.05, 4.69) is 10.1 Å². The van der Waals surface area contributed by atoms with Gasteiger partial charge in [-0.15, -0.1) is 12.4 Å². The van der Waals surface area contributed by atoms with Crippen LogP contribution in [0, 0.1) is 12.8 Å². The summed E-state index contributed by atoms with van der Waals surface area (Å²) in [6.45, 7) is 2.39. The molecule has 1 aliphatic rings. The van der Waals surface area contributed by atoms with Crippen LogP contribution in [0.15, 0.2) is 40.9 Å². The Morgan fingerprint density at radius 3 is 2.67 bits per heavy atom. The zero-order valence-corrected chi connectivity index (χ0v) is 15.4. The van der Waals surface area contributed by atoms with E-state index in [-0.39, 0.29) is 24.9 Å². The first kappa shape index (κ1) is 18.8. The fourth-order valence-electron chi connectivity index (χ4n) is 3.34. The first-order valence-corrected chi connectivity index (χ1v) is 8.39. The number of halogens is 1. The van der Waals surface area contributed by atoms with Gasteiger partial charge in [0.25, 0.3) is 11.6 Å². The third-order valence-corrected chi connectivity index (χ3v) is 4.74. The van der Waals surface area contributed by atoms with Crippen molar-refractivity contribution in [3.05, 3.63) is 47.7 Å². The van der Waals surface area contributed by atoms with Crippen molar-refractivity contribution < 1.29 is 19.2 Å². The first-order valence-electron chi connectivity index (χ1n) is 8.39. The SMILES string of the molecule is Cc1noc2nc(-c3ccccc3)cc(C(=O)N3CCC(C(=O)O)C3)c12.Cl. The van der Waals surface area contributed by atoms with Crippen LogP contribution in [-0.4, -0.2) is 45.1 Å². The van der Waals surface area contributed by atoms with Gasteiger partial charge in [-0.3, -0.25) is 9.59 Å². The highest BCUT2D eigenvalue weighted by molar-refractivity contribution is 6.07. The fraction of sp³-hybridized carbons (Fsp3) is 0.263. The Morgan fingerprint density at radius 2 is 2.00 bits per heavy atom. The molecular formula is C19H18ClN3O4. The molecule has 7 nitrogen and oxygen atoms in total. The molecular weight excluding hydrogens is 370 g/mol. The maximum atomic E-state index is 13.1. The molecule has 0 spiro atoms. The second kappa shape index (κ2) is 7.36. The molecule has 0 bridgehead atoms. The van der Waals surface area contributed by atoms with Gasteiger partial charge in [0.05, 0.1) is 28.3 Å². The van der Waals surface area contributed by atoms with Crippen LogP contribution < -0.4 is 0 Å². The summed E-state index contributed by atoms with van der Waals surface area (Å²) >= 11 is 0. The monoisotopic (exact) mass is 387 g/mol. The van der Waals surface area contributed by atoms with Crippen molar-refractivity contribution in [3.63, 3.8) is 0 Å². The summed E-state index contributed by atoms with van der Waals surface area (Å²) in [5, 5.41) is 13.7. The van der Waals surface area contributed by atoms with Gasteiger partial charge in [0.1, 0.15) is 0 Å². The van der Waals surface area contributed by atoms with Crippen LogP contribution in [0.2, 0.25) is 0 Å². The standard InChI is InChI=1S/C19H17N3O4.ClH/c1-11-16-14(18(23)22-8-7-13(10-22)19(24)25)9-15(20-17(16)26-21-11)12-5-3-2-4-6-12;/h2-6,9,13H,7-8,10H2,1H3,(H,24,25);1H. The molecule has 0 saturated carbocycles. The van der Waals surface area contributed by atoms with E-state index in [0.717, 1.165) is 5.56 Å². The second-order valence-corrected chi connectivity index (χ2v) is 6.44. The summed E-state index contributed by atoms with van der Waals surface area (Å²) in [5.41, 5.74) is 2.82. The number of hydrogen-bond acceptors (Lipinski definition) is 5. The zero-order chi connectivity index (χ0) is 18.3. The minimum atomic E-state index is -0.869. The molecule has 1 unspecified atom stereocenters.